The Morgan fingerprint density at radius 2 is 1.65 bits per heavy atom. The normalized spacial score (nSPS) is 26.0. The monoisotopic (exact) mass is 238 g/mol. The molecule has 2 unspecified atom stereocenters. The molecule has 2 atom stereocenters. The van der Waals surface area contributed by atoms with Gasteiger partial charge < -0.3 is 9.84 Å². The van der Waals surface area contributed by atoms with Crippen molar-refractivity contribution < 1.29 is 14.2 Å². The number of benzene rings is 1. The summed E-state index contributed by atoms with van der Waals surface area (Å²) in [5, 5.41) is 9.99. The molecule has 1 N–H and O–H groups in total. The third kappa shape index (κ3) is 3.70. The van der Waals surface area contributed by atoms with Gasteiger partial charge in [0.15, 0.2) is 0 Å². The maximum Gasteiger partial charge on any atom is 0.124 e. The molecular formula is C14H19FO2. The van der Waals surface area contributed by atoms with Crippen molar-refractivity contribution in [3.63, 3.8) is 0 Å². The van der Waals surface area contributed by atoms with E-state index < -0.39 is 6.10 Å². The van der Waals surface area contributed by atoms with Gasteiger partial charge in [-0.1, -0.05) is 19.3 Å². The molecule has 94 valence electrons. The summed E-state index contributed by atoms with van der Waals surface area (Å²) < 4.78 is 18.5. The number of aliphatic hydroxyl groups excluding tert-OH is 1. The van der Waals surface area contributed by atoms with E-state index >= 15 is 0 Å². The van der Waals surface area contributed by atoms with Crippen LogP contribution in [0.15, 0.2) is 24.3 Å². The van der Waals surface area contributed by atoms with Crippen LogP contribution in [-0.2, 0) is 0 Å². The van der Waals surface area contributed by atoms with Gasteiger partial charge in [-0.3, -0.25) is 0 Å². The average Bonchev–Trinajstić information content (AvgIpc) is 2.31. The molecule has 0 aromatic heterocycles. The first-order valence-electron chi connectivity index (χ1n) is 6.36. The number of rotatable bonds is 2. The summed E-state index contributed by atoms with van der Waals surface area (Å²) in [5.41, 5.74) is 0. The quantitative estimate of drug-likeness (QED) is 0.856. The Labute approximate surface area is 101 Å². The first-order chi connectivity index (χ1) is 8.25. The fourth-order valence-electron chi connectivity index (χ4n) is 2.26. The number of aliphatic hydroxyl groups is 1. The summed E-state index contributed by atoms with van der Waals surface area (Å²) in [4.78, 5) is 0. The Kier molecular flexibility index (Phi) is 4.37. The highest BCUT2D eigenvalue weighted by molar-refractivity contribution is 5.22. The summed E-state index contributed by atoms with van der Waals surface area (Å²) in [6.45, 7) is 0. The van der Waals surface area contributed by atoms with Gasteiger partial charge in [-0.2, -0.15) is 0 Å². The lowest BCUT2D eigenvalue weighted by Crippen LogP contribution is -2.32. The second-order valence-electron chi connectivity index (χ2n) is 4.67. The van der Waals surface area contributed by atoms with Gasteiger partial charge in [0.05, 0.1) is 6.10 Å². The lowest BCUT2D eigenvalue weighted by molar-refractivity contribution is 0.0187. The minimum Gasteiger partial charge on any atom is -0.488 e. The molecule has 17 heavy (non-hydrogen) atoms. The number of halogens is 1. The third-order valence-electron chi connectivity index (χ3n) is 3.27. The molecule has 0 bridgehead atoms. The molecule has 0 radical (unpaired) electrons. The van der Waals surface area contributed by atoms with Crippen molar-refractivity contribution in [1.82, 2.24) is 0 Å². The van der Waals surface area contributed by atoms with Crippen LogP contribution in [0, 0.1) is 5.82 Å². The lowest BCUT2D eigenvalue weighted by atomic mass is 9.96. The standard InChI is InChI=1S/C14H19FO2/c15-11-7-9-12(10-8-11)17-14-6-4-2-1-3-5-13(14)16/h7-10,13-14,16H,1-6H2. The summed E-state index contributed by atoms with van der Waals surface area (Å²) >= 11 is 0. The summed E-state index contributed by atoms with van der Waals surface area (Å²) in [5.74, 6) is 0.367. The lowest BCUT2D eigenvalue weighted by Gasteiger charge is -2.26. The molecule has 1 aliphatic rings. The molecule has 0 spiro atoms. The zero-order valence-corrected chi connectivity index (χ0v) is 9.94. The third-order valence-corrected chi connectivity index (χ3v) is 3.27. The van der Waals surface area contributed by atoms with E-state index in [0.29, 0.717) is 5.75 Å². The molecule has 1 aromatic rings. The van der Waals surface area contributed by atoms with Crippen LogP contribution in [0.25, 0.3) is 0 Å². The molecule has 0 heterocycles. The smallest absolute Gasteiger partial charge is 0.124 e. The van der Waals surface area contributed by atoms with Gasteiger partial charge >= 0.3 is 0 Å². The van der Waals surface area contributed by atoms with Crippen molar-refractivity contribution in [1.29, 1.82) is 0 Å². The molecule has 1 saturated carbocycles. The Morgan fingerprint density at radius 3 is 2.35 bits per heavy atom. The van der Waals surface area contributed by atoms with Gasteiger partial charge in [0.1, 0.15) is 17.7 Å². The van der Waals surface area contributed by atoms with Crippen LogP contribution in [0.3, 0.4) is 0 Å². The fourth-order valence-corrected chi connectivity index (χ4v) is 2.26. The van der Waals surface area contributed by atoms with Crippen molar-refractivity contribution in [3.05, 3.63) is 30.1 Å². The second-order valence-corrected chi connectivity index (χ2v) is 4.67. The highest BCUT2D eigenvalue weighted by atomic mass is 19.1. The van der Waals surface area contributed by atoms with E-state index in [1.807, 2.05) is 0 Å². The highest BCUT2D eigenvalue weighted by Gasteiger charge is 2.22. The first-order valence-corrected chi connectivity index (χ1v) is 6.36. The second kappa shape index (κ2) is 6.01. The molecule has 2 rings (SSSR count). The van der Waals surface area contributed by atoms with Crippen LogP contribution < -0.4 is 4.74 Å². The van der Waals surface area contributed by atoms with Crippen LogP contribution in [0.2, 0.25) is 0 Å². The molecule has 1 aromatic carbocycles. The van der Waals surface area contributed by atoms with Crippen molar-refractivity contribution in [2.75, 3.05) is 0 Å². The molecule has 2 nitrogen and oxygen atoms in total. The maximum absolute atomic E-state index is 12.8. The molecule has 1 fully saturated rings. The molecule has 3 heteroatoms. The Bertz CT molecular complexity index is 337. The summed E-state index contributed by atoms with van der Waals surface area (Å²) in [6.07, 6.45) is 5.66. The van der Waals surface area contributed by atoms with Gasteiger partial charge in [-0.05, 0) is 43.5 Å². The molecular weight excluding hydrogens is 219 g/mol. The number of hydrogen-bond acceptors (Lipinski definition) is 2. The van der Waals surface area contributed by atoms with E-state index in [4.69, 9.17) is 4.74 Å². The zero-order chi connectivity index (χ0) is 12.1. The van der Waals surface area contributed by atoms with Crippen molar-refractivity contribution in [2.24, 2.45) is 0 Å². The SMILES string of the molecule is OC1CCCCCCC1Oc1ccc(F)cc1. The Balaban J connectivity index is 1.97. The van der Waals surface area contributed by atoms with Crippen LogP contribution >= 0.6 is 0 Å². The number of ether oxygens (including phenoxy) is 1. The van der Waals surface area contributed by atoms with Crippen LogP contribution in [0.4, 0.5) is 4.39 Å². The topological polar surface area (TPSA) is 29.5 Å². The maximum atomic E-state index is 12.8. The average molecular weight is 238 g/mol. The predicted molar refractivity (Wildman–Crippen MR) is 64.5 cm³/mol. The minimum absolute atomic E-state index is 0.152. The van der Waals surface area contributed by atoms with Gasteiger partial charge in [0.2, 0.25) is 0 Å². The minimum atomic E-state index is -0.402. The van der Waals surface area contributed by atoms with E-state index in [9.17, 15) is 9.50 Å². The van der Waals surface area contributed by atoms with Crippen LogP contribution in [0.5, 0.6) is 5.75 Å². The molecule has 1 aliphatic carbocycles. The highest BCUT2D eigenvalue weighted by Crippen LogP contribution is 2.22. The largest absolute Gasteiger partial charge is 0.488 e. The van der Waals surface area contributed by atoms with E-state index in [2.05, 4.69) is 0 Å². The summed E-state index contributed by atoms with van der Waals surface area (Å²) in [7, 11) is 0. The van der Waals surface area contributed by atoms with E-state index in [-0.39, 0.29) is 11.9 Å². The van der Waals surface area contributed by atoms with Gasteiger partial charge in [-0.15, -0.1) is 0 Å². The van der Waals surface area contributed by atoms with Gasteiger partial charge in [-0.25, -0.2) is 4.39 Å². The number of hydrogen-bond donors (Lipinski definition) is 1. The van der Waals surface area contributed by atoms with Crippen LogP contribution in [-0.4, -0.2) is 17.3 Å². The first kappa shape index (κ1) is 12.4. The van der Waals surface area contributed by atoms with Crippen molar-refractivity contribution in [3.8, 4) is 5.75 Å². The molecule has 0 aliphatic heterocycles. The molecule has 0 saturated heterocycles. The van der Waals surface area contributed by atoms with E-state index in [0.717, 1.165) is 25.7 Å². The Hall–Kier alpha value is -1.09. The van der Waals surface area contributed by atoms with Crippen LogP contribution in [0.1, 0.15) is 38.5 Å². The van der Waals surface area contributed by atoms with E-state index in [1.165, 1.54) is 25.0 Å². The Morgan fingerprint density at radius 1 is 1.00 bits per heavy atom. The molecule has 0 amide bonds. The fraction of sp³-hybridized carbons (Fsp3) is 0.571. The van der Waals surface area contributed by atoms with Gasteiger partial charge in [0.25, 0.3) is 0 Å². The zero-order valence-electron chi connectivity index (χ0n) is 9.94. The van der Waals surface area contributed by atoms with Crippen molar-refractivity contribution in [2.45, 2.75) is 50.7 Å². The predicted octanol–water partition coefficient (Wildman–Crippen LogP) is 3.29. The van der Waals surface area contributed by atoms with Gasteiger partial charge in [0, 0.05) is 0 Å². The van der Waals surface area contributed by atoms with Crippen molar-refractivity contribution >= 4 is 0 Å². The van der Waals surface area contributed by atoms with E-state index in [1.54, 1.807) is 12.1 Å². The summed E-state index contributed by atoms with van der Waals surface area (Å²) in [6, 6.07) is 5.98.